The largest absolute Gasteiger partial charge is 0.450 e. The van der Waals surface area contributed by atoms with Crippen LogP contribution in [0, 0.1) is 17.0 Å². The van der Waals surface area contributed by atoms with Crippen LogP contribution < -0.4 is 4.74 Å². The first-order valence-electron chi connectivity index (χ1n) is 6.61. The van der Waals surface area contributed by atoms with Crippen LogP contribution in [0.5, 0.6) is 11.5 Å². The average molecular weight is 350 g/mol. The molecule has 0 saturated carbocycles. The van der Waals surface area contributed by atoms with Gasteiger partial charge < -0.3 is 4.74 Å². The van der Waals surface area contributed by atoms with Crippen LogP contribution in [-0.4, -0.2) is 4.92 Å². The molecule has 0 N–H and O–H groups in total. The van der Waals surface area contributed by atoms with Crippen molar-refractivity contribution in [3.8, 4) is 11.5 Å². The van der Waals surface area contributed by atoms with Gasteiger partial charge in [-0.15, -0.1) is 0 Å². The van der Waals surface area contributed by atoms with Gasteiger partial charge in [0.25, 0.3) is 0 Å². The van der Waals surface area contributed by atoms with Crippen molar-refractivity contribution in [1.82, 2.24) is 0 Å². The molecule has 0 spiro atoms. The number of nitro benzene ring substituents is 1. The lowest BCUT2D eigenvalue weighted by atomic mass is 10.0. The van der Waals surface area contributed by atoms with E-state index in [0.717, 1.165) is 15.6 Å². The second-order valence-electron chi connectivity index (χ2n) is 5.17. The third kappa shape index (κ3) is 3.61. The standard InChI is InChI=1S/C16H16BrNO3/c1-10(2)13-9-12(17)5-7-15(13)21-16-6-4-11(3)8-14(16)18(19)20/h4-10H,1-3H3. The normalized spacial score (nSPS) is 10.7. The molecule has 0 bridgehead atoms. The Morgan fingerprint density at radius 2 is 1.81 bits per heavy atom. The number of hydrogen-bond acceptors (Lipinski definition) is 3. The Kier molecular flexibility index (Phi) is 4.63. The summed E-state index contributed by atoms with van der Waals surface area (Å²) in [7, 11) is 0. The van der Waals surface area contributed by atoms with E-state index in [9.17, 15) is 10.1 Å². The maximum absolute atomic E-state index is 11.2. The van der Waals surface area contributed by atoms with E-state index in [1.807, 2.05) is 25.1 Å². The number of rotatable bonds is 4. The minimum absolute atomic E-state index is 0.0207. The van der Waals surface area contributed by atoms with Gasteiger partial charge in [-0.05, 0) is 48.2 Å². The lowest BCUT2D eigenvalue weighted by Gasteiger charge is -2.14. The highest BCUT2D eigenvalue weighted by Crippen LogP contribution is 2.36. The first kappa shape index (κ1) is 15.5. The van der Waals surface area contributed by atoms with E-state index >= 15 is 0 Å². The average Bonchev–Trinajstić information content (AvgIpc) is 2.42. The van der Waals surface area contributed by atoms with Gasteiger partial charge in [0.05, 0.1) is 4.92 Å². The van der Waals surface area contributed by atoms with Crippen molar-refractivity contribution in [2.24, 2.45) is 0 Å². The van der Waals surface area contributed by atoms with Crippen LogP contribution in [0.25, 0.3) is 0 Å². The van der Waals surface area contributed by atoms with Gasteiger partial charge in [-0.25, -0.2) is 0 Å². The first-order chi connectivity index (χ1) is 9.88. The van der Waals surface area contributed by atoms with Crippen molar-refractivity contribution in [1.29, 1.82) is 0 Å². The first-order valence-corrected chi connectivity index (χ1v) is 7.40. The van der Waals surface area contributed by atoms with Crippen molar-refractivity contribution < 1.29 is 9.66 Å². The van der Waals surface area contributed by atoms with Crippen molar-refractivity contribution in [3.05, 3.63) is 62.1 Å². The van der Waals surface area contributed by atoms with Crippen molar-refractivity contribution in [2.45, 2.75) is 26.7 Å². The van der Waals surface area contributed by atoms with E-state index in [4.69, 9.17) is 4.74 Å². The Morgan fingerprint density at radius 3 is 2.43 bits per heavy atom. The van der Waals surface area contributed by atoms with Crippen molar-refractivity contribution in [2.75, 3.05) is 0 Å². The highest BCUT2D eigenvalue weighted by atomic mass is 79.9. The maximum atomic E-state index is 11.2. The number of aryl methyl sites for hydroxylation is 1. The van der Waals surface area contributed by atoms with Crippen LogP contribution in [0.4, 0.5) is 5.69 Å². The van der Waals surface area contributed by atoms with Gasteiger partial charge in [-0.1, -0.05) is 35.8 Å². The quantitative estimate of drug-likeness (QED) is 0.534. The van der Waals surface area contributed by atoms with Crippen LogP contribution >= 0.6 is 15.9 Å². The zero-order valence-electron chi connectivity index (χ0n) is 12.1. The molecule has 0 aliphatic carbocycles. The number of halogens is 1. The van der Waals surface area contributed by atoms with E-state index in [1.54, 1.807) is 12.1 Å². The molecule has 2 rings (SSSR count). The lowest BCUT2D eigenvalue weighted by molar-refractivity contribution is -0.385. The zero-order valence-corrected chi connectivity index (χ0v) is 13.7. The number of ether oxygens (including phenoxy) is 1. The van der Waals surface area contributed by atoms with Crippen LogP contribution in [0.3, 0.4) is 0 Å². The van der Waals surface area contributed by atoms with Crippen LogP contribution in [0.15, 0.2) is 40.9 Å². The molecule has 110 valence electrons. The summed E-state index contributed by atoms with van der Waals surface area (Å²) >= 11 is 3.43. The zero-order chi connectivity index (χ0) is 15.6. The summed E-state index contributed by atoms with van der Waals surface area (Å²) < 4.78 is 6.77. The fourth-order valence-electron chi connectivity index (χ4n) is 2.04. The second-order valence-corrected chi connectivity index (χ2v) is 6.08. The summed E-state index contributed by atoms with van der Waals surface area (Å²) in [6.45, 7) is 5.92. The summed E-state index contributed by atoms with van der Waals surface area (Å²) in [5.41, 5.74) is 1.81. The SMILES string of the molecule is Cc1ccc(Oc2ccc(Br)cc2C(C)C)c([N+](=O)[O-])c1. The molecule has 0 aliphatic heterocycles. The molecule has 0 saturated heterocycles. The fourth-order valence-corrected chi connectivity index (χ4v) is 2.42. The van der Waals surface area contributed by atoms with E-state index in [2.05, 4.69) is 29.8 Å². The molecule has 0 fully saturated rings. The fraction of sp³-hybridized carbons (Fsp3) is 0.250. The molecule has 0 atom stereocenters. The Labute approximate surface area is 132 Å². The number of nitrogens with zero attached hydrogens (tertiary/aromatic N) is 1. The van der Waals surface area contributed by atoms with Crippen LogP contribution in [-0.2, 0) is 0 Å². The van der Waals surface area contributed by atoms with Gasteiger partial charge in [0.2, 0.25) is 5.75 Å². The number of hydrogen-bond donors (Lipinski definition) is 0. The van der Waals surface area contributed by atoms with Crippen LogP contribution in [0.1, 0.15) is 30.9 Å². The molecule has 21 heavy (non-hydrogen) atoms. The summed E-state index contributed by atoms with van der Waals surface area (Å²) in [5, 5.41) is 11.2. The van der Waals surface area contributed by atoms with Gasteiger partial charge in [-0.2, -0.15) is 0 Å². The van der Waals surface area contributed by atoms with Crippen LogP contribution in [0.2, 0.25) is 0 Å². The molecule has 0 radical (unpaired) electrons. The predicted octanol–water partition coefficient (Wildman–Crippen LogP) is 5.58. The highest BCUT2D eigenvalue weighted by molar-refractivity contribution is 9.10. The molecule has 0 heterocycles. The Bertz CT molecular complexity index is 683. The minimum Gasteiger partial charge on any atom is -0.450 e. The summed E-state index contributed by atoms with van der Waals surface area (Å²) in [6, 6.07) is 10.6. The summed E-state index contributed by atoms with van der Waals surface area (Å²) in [6.07, 6.45) is 0. The Hall–Kier alpha value is -1.88. The molecule has 2 aromatic carbocycles. The Balaban J connectivity index is 2.46. The smallest absolute Gasteiger partial charge is 0.311 e. The topological polar surface area (TPSA) is 52.4 Å². The number of nitro groups is 1. The van der Waals surface area contributed by atoms with E-state index < -0.39 is 4.92 Å². The van der Waals surface area contributed by atoms with E-state index in [0.29, 0.717) is 5.75 Å². The third-order valence-corrected chi connectivity index (χ3v) is 3.62. The maximum Gasteiger partial charge on any atom is 0.311 e. The third-order valence-electron chi connectivity index (χ3n) is 3.12. The molecule has 0 unspecified atom stereocenters. The van der Waals surface area contributed by atoms with Gasteiger partial charge >= 0.3 is 5.69 Å². The summed E-state index contributed by atoms with van der Waals surface area (Å²) in [4.78, 5) is 10.7. The van der Waals surface area contributed by atoms with E-state index in [-0.39, 0.29) is 17.4 Å². The molecule has 4 nitrogen and oxygen atoms in total. The van der Waals surface area contributed by atoms with Gasteiger partial charge in [0, 0.05) is 10.5 Å². The number of benzene rings is 2. The predicted molar refractivity (Wildman–Crippen MR) is 86.1 cm³/mol. The second kappa shape index (κ2) is 6.26. The summed E-state index contributed by atoms with van der Waals surface area (Å²) in [5.74, 6) is 1.15. The lowest BCUT2D eigenvalue weighted by Crippen LogP contribution is -1.97. The molecule has 0 aliphatic rings. The monoisotopic (exact) mass is 349 g/mol. The highest BCUT2D eigenvalue weighted by Gasteiger charge is 2.18. The molecular formula is C16H16BrNO3. The van der Waals surface area contributed by atoms with E-state index in [1.165, 1.54) is 6.07 Å². The Morgan fingerprint density at radius 1 is 1.14 bits per heavy atom. The molecule has 0 amide bonds. The van der Waals surface area contributed by atoms with Crippen molar-refractivity contribution >= 4 is 21.6 Å². The molecular weight excluding hydrogens is 334 g/mol. The van der Waals surface area contributed by atoms with Gasteiger partial charge in [-0.3, -0.25) is 10.1 Å². The molecule has 2 aromatic rings. The van der Waals surface area contributed by atoms with Gasteiger partial charge in [0.1, 0.15) is 5.75 Å². The van der Waals surface area contributed by atoms with Crippen molar-refractivity contribution in [3.63, 3.8) is 0 Å². The minimum atomic E-state index is -0.420. The molecule has 0 aromatic heterocycles. The molecule has 5 heteroatoms. The van der Waals surface area contributed by atoms with Gasteiger partial charge in [0.15, 0.2) is 0 Å².